The number of nitrogens with zero attached hydrogens (tertiary/aromatic N) is 1. The molecule has 1 rings (SSSR count). The van der Waals surface area contributed by atoms with Crippen LogP contribution >= 0.6 is 12.2 Å². The van der Waals surface area contributed by atoms with Gasteiger partial charge >= 0.3 is 0 Å². The molecule has 0 amide bonds. The van der Waals surface area contributed by atoms with E-state index in [4.69, 9.17) is 12.2 Å². The van der Waals surface area contributed by atoms with E-state index in [2.05, 4.69) is 22.2 Å². The number of nitrogens with one attached hydrogen (secondary N) is 2. The first-order valence-electron chi connectivity index (χ1n) is 4.54. The third-order valence-electron chi connectivity index (χ3n) is 1.80. The van der Waals surface area contributed by atoms with Crippen LogP contribution in [0.5, 0.6) is 0 Å². The lowest BCUT2D eigenvalue weighted by atomic mass is 10.3. The summed E-state index contributed by atoms with van der Waals surface area (Å²) in [4.78, 5) is 7.20. The van der Waals surface area contributed by atoms with Crippen LogP contribution in [0.15, 0.2) is 6.20 Å². The Morgan fingerprint density at radius 3 is 3.00 bits per heavy atom. The largest absolute Gasteiger partial charge is 0.356 e. The predicted octanol–water partition coefficient (Wildman–Crippen LogP) is 2.66. The molecule has 0 saturated heterocycles. The van der Waals surface area contributed by atoms with Crippen LogP contribution in [0.25, 0.3) is 0 Å². The van der Waals surface area contributed by atoms with Gasteiger partial charge in [-0.05, 0) is 13.3 Å². The molecule has 1 aromatic heterocycles. The zero-order chi connectivity index (χ0) is 9.68. The molecule has 72 valence electrons. The van der Waals surface area contributed by atoms with E-state index < -0.39 is 0 Å². The molecule has 0 aliphatic heterocycles. The molecule has 0 fully saturated rings. The van der Waals surface area contributed by atoms with Crippen LogP contribution in [0.4, 0.5) is 5.95 Å². The summed E-state index contributed by atoms with van der Waals surface area (Å²) in [5.74, 6) is 0.768. The number of rotatable bonds is 4. The van der Waals surface area contributed by atoms with E-state index in [1.165, 1.54) is 6.42 Å². The Labute approximate surface area is 83.6 Å². The number of anilines is 1. The molecule has 0 aromatic carbocycles. The third kappa shape index (κ3) is 3.14. The molecule has 0 atom stereocenters. The first-order chi connectivity index (χ1) is 6.24. The summed E-state index contributed by atoms with van der Waals surface area (Å²) in [6.07, 6.45) is 4.11. The third-order valence-corrected chi connectivity index (χ3v) is 2.22. The lowest BCUT2D eigenvalue weighted by Gasteiger charge is -2.04. The molecule has 0 aliphatic rings. The van der Waals surface area contributed by atoms with Crippen molar-refractivity contribution < 1.29 is 0 Å². The van der Waals surface area contributed by atoms with Crippen LogP contribution in [0, 0.1) is 11.6 Å². The monoisotopic (exact) mass is 197 g/mol. The standard InChI is InChI=1S/C9H15N3S/c1-3-4-5-10-9-11-6-7(2)8(13)12-9/h6H,3-5H2,1-2H3,(H2,10,11,12,13). The van der Waals surface area contributed by atoms with Gasteiger partial charge in [-0.3, -0.25) is 0 Å². The maximum atomic E-state index is 5.08. The summed E-state index contributed by atoms with van der Waals surface area (Å²) in [6, 6.07) is 0. The molecule has 4 heteroatoms. The maximum Gasteiger partial charge on any atom is 0.201 e. The Kier molecular flexibility index (Phi) is 3.89. The van der Waals surface area contributed by atoms with Gasteiger partial charge in [0.05, 0.1) is 0 Å². The van der Waals surface area contributed by atoms with Gasteiger partial charge < -0.3 is 10.3 Å². The highest BCUT2D eigenvalue weighted by atomic mass is 32.1. The van der Waals surface area contributed by atoms with Crippen molar-refractivity contribution in [3.8, 4) is 0 Å². The Morgan fingerprint density at radius 2 is 2.38 bits per heavy atom. The molecule has 0 radical (unpaired) electrons. The molecular weight excluding hydrogens is 182 g/mol. The number of aryl methyl sites for hydroxylation is 1. The summed E-state index contributed by atoms with van der Waals surface area (Å²) in [6.45, 7) is 5.05. The molecule has 0 saturated carbocycles. The van der Waals surface area contributed by atoms with E-state index in [-0.39, 0.29) is 0 Å². The second-order valence-electron chi connectivity index (χ2n) is 3.02. The van der Waals surface area contributed by atoms with Gasteiger partial charge in [-0.1, -0.05) is 25.6 Å². The summed E-state index contributed by atoms with van der Waals surface area (Å²) < 4.78 is 0.758. The number of aromatic amines is 1. The molecule has 3 nitrogen and oxygen atoms in total. The molecule has 13 heavy (non-hydrogen) atoms. The fourth-order valence-corrected chi connectivity index (χ4v) is 1.08. The van der Waals surface area contributed by atoms with Gasteiger partial charge in [0, 0.05) is 18.3 Å². The number of unbranched alkanes of at least 4 members (excludes halogenated alkanes) is 1. The van der Waals surface area contributed by atoms with E-state index in [9.17, 15) is 0 Å². The highest BCUT2D eigenvalue weighted by Crippen LogP contribution is 2.01. The number of hydrogen-bond acceptors (Lipinski definition) is 3. The van der Waals surface area contributed by atoms with Crippen LogP contribution in [-0.2, 0) is 0 Å². The lowest BCUT2D eigenvalue weighted by molar-refractivity contribution is 0.825. The SMILES string of the molecule is CCCCNc1ncc(C)c(=S)[nH]1. The zero-order valence-electron chi connectivity index (χ0n) is 8.05. The van der Waals surface area contributed by atoms with Crippen molar-refractivity contribution in [3.63, 3.8) is 0 Å². The van der Waals surface area contributed by atoms with Crippen molar-refractivity contribution in [3.05, 3.63) is 16.4 Å². The first-order valence-corrected chi connectivity index (χ1v) is 4.94. The summed E-state index contributed by atoms with van der Waals surface area (Å²) in [7, 11) is 0. The molecule has 0 bridgehead atoms. The summed E-state index contributed by atoms with van der Waals surface area (Å²) in [5, 5.41) is 3.18. The first kappa shape index (κ1) is 10.2. The summed E-state index contributed by atoms with van der Waals surface area (Å²) >= 11 is 5.08. The minimum absolute atomic E-state index is 0.758. The highest BCUT2D eigenvalue weighted by Gasteiger charge is 1.93. The van der Waals surface area contributed by atoms with Gasteiger partial charge in [0.15, 0.2) is 0 Å². The lowest BCUT2D eigenvalue weighted by Crippen LogP contribution is -2.05. The molecular formula is C9H15N3S. The molecule has 0 aliphatic carbocycles. The van der Waals surface area contributed by atoms with Crippen LogP contribution in [0.2, 0.25) is 0 Å². The average molecular weight is 197 g/mol. The van der Waals surface area contributed by atoms with E-state index in [1.807, 2.05) is 6.92 Å². The predicted molar refractivity (Wildman–Crippen MR) is 57.6 cm³/mol. The van der Waals surface area contributed by atoms with Gasteiger partial charge in [-0.15, -0.1) is 0 Å². The van der Waals surface area contributed by atoms with Gasteiger partial charge in [0.1, 0.15) is 4.64 Å². The Bertz CT molecular complexity index is 319. The number of H-pyrrole nitrogens is 1. The highest BCUT2D eigenvalue weighted by molar-refractivity contribution is 7.71. The fourth-order valence-electron chi connectivity index (χ4n) is 0.932. The second-order valence-corrected chi connectivity index (χ2v) is 3.43. The number of hydrogen-bond donors (Lipinski definition) is 2. The second kappa shape index (κ2) is 4.97. The van der Waals surface area contributed by atoms with E-state index in [0.717, 1.165) is 29.1 Å². The maximum absolute atomic E-state index is 5.08. The van der Waals surface area contributed by atoms with Crippen molar-refractivity contribution in [1.82, 2.24) is 9.97 Å². The van der Waals surface area contributed by atoms with Crippen molar-refractivity contribution >= 4 is 18.2 Å². The summed E-state index contributed by atoms with van der Waals surface area (Å²) in [5.41, 5.74) is 1.01. The molecule has 1 aromatic rings. The van der Waals surface area contributed by atoms with Gasteiger partial charge in [-0.25, -0.2) is 4.98 Å². The fraction of sp³-hybridized carbons (Fsp3) is 0.556. The van der Waals surface area contributed by atoms with Crippen molar-refractivity contribution in [2.24, 2.45) is 0 Å². The smallest absolute Gasteiger partial charge is 0.201 e. The van der Waals surface area contributed by atoms with Crippen molar-refractivity contribution in [2.45, 2.75) is 26.7 Å². The topological polar surface area (TPSA) is 40.7 Å². The minimum atomic E-state index is 0.758. The Balaban J connectivity index is 2.58. The van der Waals surface area contributed by atoms with Crippen LogP contribution in [-0.4, -0.2) is 16.5 Å². The van der Waals surface area contributed by atoms with Gasteiger partial charge in [-0.2, -0.15) is 0 Å². The zero-order valence-corrected chi connectivity index (χ0v) is 8.87. The quantitative estimate of drug-likeness (QED) is 0.576. The molecule has 0 spiro atoms. The molecule has 2 N–H and O–H groups in total. The minimum Gasteiger partial charge on any atom is -0.356 e. The normalized spacial score (nSPS) is 10.0. The van der Waals surface area contributed by atoms with E-state index in [0.29, 0.717) is 0 Å². The van der Waals surface area contributed by atoms with Gasteiger partial charge in [0.2, 0.25) is 5.95 Å². The van der Waals surface area contributed by atoms with Crippen LogP contribution < -0.4 is 5.32 Å². The average Bonchev–Trinajstić information content (AvgIpc) is 2.12. The Morgan fingerprint density at radius 1 is 1.62 bits per heavy atom. The van der Waals surface area contributed by atoms with Crippen molar-refractivity contribution in [1.29, 1.82) is 0 Å². The van der Waals surface area contributed by atoms with E-state index >= 15 is 0 Å². The Hall–Kier alpha value is -0.900. The van der Waals surface area contributed by atoms with Gasteiger partial charge in [0.25, 0.3) is 0 Å². The van der Waals surface area contributed by atoms with E-state index in [1.54, 1.807) is 6.20 Å². The van der Waals surface area contributed by atoms with Crippen LogP contribution in [0.1, 0.15) is 25.3 Å². The number of aromatic nitrogens is 2. The molecule has 1 heterocycles. The molecule has 0 unspecified atom stereocenters. The van der Waals surface area contributed by atoms with Crippen LogP contribution in [0.3, 0.4) is 0 Å². The van der Waals surface area contributed by atoms with Crippen molar-refractivity contribution in [2.75, 3.05) is 11.9 Å².